The summed E-state index contributed by atoms with van der Waals surface area (Å²) in [4.78, 5) is 0. The molecular weight excluding hydrogens is 202 g/mol. The molecule has 0 radical (unpaired) electrons. The molecule has 3 heteroatoms. The molecule has 1 aromatic heterocycles. The standard InChI is InChI=1S/C12H14NOSi/c1-15(2)9-13-11-6-4-3-5-10(11)7-8-12(13)14-15/h3-8H,9H2,1-2H3/q+1. The van der Waals surface area contributed by atoms with Crippen molar-refractivity contribution in [3.63, 3.8) is 0 Å². The first-order chi connectivity index (χ1) is 7.16. The summed E-state index contributed by atoms with van der Waals surface area (Å²) >= 11 is 0. The summed E-state index contributed by atoms with van der Waals surface area (Å²) in [5, 5.41) is 1.29. The van der Waals surface area contributed by atoms with Gasteiger partial charge in [0.1, 0.15) is 0 Å². The van der Waals surface area contributed by atoms with Crippen LogP contribution in [0.15, 0.2) is 36.4 Å². The monoisotopic (exact) mass is 216 g/mol. The van der Waals surface area contributed by atoms with Gasteiger partial charge >= 0.3 is 14.2 Å². The molecule has 2 heterocycles. The van der Waals surface area contributed by atoms with Crippen molar-refractivity contribution in [3.8, 4) is 5.88 Å². The summed E-state index contributed by atoms with van der Waals surface area (Å²) in [5.41, 5.74) is 1.29. The Bertz CT molecular complexity index is 536. The fourth-order valence-electron chi connectivity index (χ4n) is 2.19. The summed E-state index contributed by atoms with van der Waals surface area (Å²) < 4.78 is 8.31. The number of para-hydroxylation sites is 1. The average Bonchev–Trinajstić information content (AvgIpc) is 2.52. The predicted molar refractivity (Wildman–Crippen MR) is 62.3 cm³/mol. The van der Waals surface area contributed by atoms with Crippen LogP contribution in [0.25, 0.3) is 10.9 Å². The number of nitrogens with zero attached hydrogens (tertiary/aromatic N) is 1. The molecule has 0 aliphatic carbocycles. The van der Waals surface area contributed by atoms with E-state index in [4.69, 9.17) is 4.43 Å². The number of hydrogen-bond acceptors (Lipinski definition) is 1. The van der Waals surface area contributed by atoms with E-state index in [0.717, 1.165) is 12.0 Å². The highest BCUT2D eigenvalue weighted by Gasteiger charge is 2.41. The Hall–Kier alpha value is -1.35. The highest BCUT2D eigenvalue weighted by molar-refractivity contribution is 6.70. The first kappa shape index (κ1) is 8.92. The molecule has 1 aromatic carbocycles. The lowest BCUT2D eigenvalue weighted by atomic mass is 10.2. The summed E-state index contributed by atoms with van der Waals surface area (Å²) in [5.74, 6) is 1.03. The van der Waals surface area contributed by atoms with E-state index in [0.29, 0.717) is 0 Å². The smallest absolute Gasteiger partial charge is 0.354 e. The van der Waals surface area contributed by atoms with E-state index in [2.05, 4.69) is 54.1 Å². The SMILES string of the molecule is C[Si]1(C)C[n+]2c(ccc3ccccc32)O1. The van der Waals surface area contributed by atoms with Crippen LogP contribution in [-0.4, -0.2) is 8.32 Å². The number of rotatable bonds is 0. The highest BCUT2D eigenvalue weighted by atomic mass is 28.4. The number of aromatic nitrogens is 1. The summed E-state index contributed by atoms with van der Waals surface area (Å²) in [6, 6.07) is 12.7. The van der Waals surface area contributed by atoms with Gasteiger partial charge in [0.2, 0.25) is 5.52 Å². The van der Waals surface area contributed by atoms with E-state index in [-0.39, 0.29) is 0 Å². The largest absolute Gasteiger partial charge is 0.492 e. The second-order valence-electron chi connectivity index (χ2n) is 4.68. The van der Waals surface area contributed by atoms with E-state index < -0.39 is 8.32 Å². The summed E-state index contributed by atoms with van der Waals surface area (Å²) in [6.07, 6.45) is 1.06. The van der Waals surface area contributed by atoms with Crippen molar-refractivity contribution in [1.82, 2.24) is 0 Å². The molecule has 2 aromatic rings. The van der Waals surface area contributed by atoms with E-state index in [1.54, 1.807) is 0 Å². The van der Waals surface area contributed by atoms with Crippen LogP contribution in [0.4, 0.5) is 0 Å². The van der Waals surface area contributed by atoms with Crippen LogP contribution in [0.1, 0.15) is 0 Å². The normalized spacial score (nSPS) is 17.5. The van der Waals surface area contributed by atoms with Gasteiger partial charge in [0.25, 0.3) is 0 Å². The molecular formula is C12H14NOSi+. The van der Waals surface area contributed by atoms with Crippen molar-refractivity contribution in [3.05, 3.63) is 36.4 Å². The third-order valence-corrected chi connectivity index (χ3v) is 4.66. The number of benzene rings is 1. The molecule has 0 amide bonds. The van der Waals surface area contributed by atoms with Gasteiger partial charge in [-0.25, -0.2) is 0 Å². The zero-order valence-electron chi connectivity index (χ0n) is 9.03. The van der Waals surface area contributed by atoms with Gasteiger partial charge in [-0.3, -0.25) is 0 Å². The molecule has 0 N–H and O–H groups in total. The van der Waals surface area contributed by atoms with Crippen molar-refractivity contribution in [2.45, 2.75) is 19.3 Å². The molecule has 0 bridgehead atoms. The maximum absolute atomic E-state index is 6.00. The lowest BCUT2D eigenvalue weighted by Crippen LogP contribution is -2.41. The third-order valence-electron chi connectivity index (χ3n) is 2.82. The van der Waals surface area contributed by atoms with Gasteiger partial charge in [-0.2, -0.15) is 4.57 Å². The van der Waals surface area contributed by atoms with E-state index in [9.17, 15) is 0 Å². The van der Waals surface area contributed by atoms with Crippen LogP contribution in [0.2, 0.25) is 13.1 Å². The van der Waals surface area contributed by atoms with Crippen molar-refractivity contribution in [2.24, 2.45) is 0 Å². The zero-order chi connectivity index (χ0) is 10.5. The van der Waals surface area contributed by atoms with Crippen LogP contribution >= 0.6 is 0 Å². The van der Waals surface area contributed by atoms with E-state index >= 15 is 0 Å². The average molecular weight is 216 g/mol. The molecule has 1 aliphatic rings. The number of hydrogen-bond donors (Lipinski definition) is 0. The zero-order valence-corrected chi connectivity index (χ0v) is 10.0. The van der Waals surface area contributed by atoms with Crippen LogP contribution in [0.3, 0.4) is 0 Å². The fraction of sp³-hybridized carbons (Fsp3) is 0.250. The molecule has 0 fully saturated rings. The van der Waals surface area contributed by atoms with E-state index in [1.807, 2.05) is 0 Å². The topological polar surface area (TPSA) is 13.1 Å². The minimum absolute atomic E-state index is 1.03. The molecule has 0 spiro atoms. The second kappa shape index (κ2) is 2.82. The lowest BCUT2D eigenvalue weighted by molar-refractivity contribution is -0.646. The Morgan fingerprint density at radius 2 is 1.93 bits per heavy atom. The second-order valence-corrected chi connectivity index (χ2v) is 8.72. The molecule has 0 saturated heterocycles. The first-order valence-corrected chi connectivity index (χ1v) is 8.38. The predicted octanol–water partition coefficient (Wildman–Crippen LogP) is 2.26. The third kappa shape index (κ3) is 1.35. The maximum Gasteiger partial charge on any atom is 0.354 e. The summed E-state index contributed by atoms with van der Waals surface area (Å²) in [6.45, 7) is 4.52. The fourth-order valence-corrected chi connectivity index (χ4v) is 4.09. The van der Waals surface area contributed by atoms with Crippen LogP contribution < -0.4 is 8.99 Å². The Balaban J connectivity index is 2.29. The van der Waals surface area contributed by atoms with Gasteiger partial charge in [0.05, 0.1) is 0 Å². The van der Waals surface area contributed by atoms with Gasteiger partial charge in [-0.05, 0) is 25.2 Å². The van der Waals surface area contributed by atoms with Gasteiger partial charge in [0, 0.05) is 17.5 Å². The summed E-state index contributed by atoms with van der Waals surface area (Å²) in [7, 11) is -1.50. The Labute approximate surface area is 90.2 Å². The molecule has 3 rings (SSSR count). The molecule has 15 heavy (non-hydrogen) atoms. The van der Waals surface area contributed by atoms with Crippen molar-refractivity contribution in [1.29, 1.82) is 0 Å². The van der Waals surface area contributed by atoms with Crippen molar-refractivity contribution < 1.29 is 8.99 Å². The Morgan fingerprint density at radius 1 is 1.13 bits per heavy atom. The number of fused-ring (bicyclic) bond motifs is 3. The van der Waals surface area contributed by atoms with Gasteiger partial charge in [0.15, 0.2) is 6.17 Å². The molecule has 0 unspecified atom stereocenters. The molecule has 1 aliphatic heterocycles. The number of pyridine rings is 1. The van der Waals surface area contributed by atoms with Crippen LogP contribution in [0.5, 0.6) is 5.88 Å². The molecule has 0 atom stereocenters. The van der Waals surface area contributed by atoms with Crippen LogP contribution in [-0.2, 0) is 6.17 Å². The van der Waals surface area contributed by atoms with Crippen molar-refractivity contribution >= 4 is 19.2 Å². The Kier molecular flexibility index (Phi) is 1.68. The van der Waals surface area contributed by atoms with E-state index in [1.165, 1.54) is 10.9 Å². The quantitative estimate of drug-likeness (QED) is 0.486. The minimum Gasteiger partial charge on any atom is -0.492 e. The van der Waals surface area contributed by atoms with Gasteiger partial charge in [-0.15, -0.1) is 0 Å². The maximum atomic E-state index is 6.00. The van der Waals surface area contributed by atoms with Gasteiger partial charge in [-0.1, -0.05) is 12.1 Å². The molecule has 76 valence electrons. The Morgan fingerprint density at radius 3 is 2.80 bits per heavy atom. The van der Waals surface area contributed by atoms with Crippen molar-refractivity contribution in [2.75, 3.05) is 0 Å². The van der Waals surface area contributed by atoms with Crippen LogP contribution in [0, 0.1) is 0 Å². The van der Waals surface area contributed by atoms with Gasteiger partial charge < -0.3 is 4.43 Å². The molecule has 2 nitrogen and oxygen atoms in total. The lowest BCUT2D eigenvalue weighted by Gasteiger charge is -2.05. The first-order valence-electron chi connectivity index (χ1n) is 5.26. The minimum atomic E-state index is -1.50. The highest BCUT2D eigenvalue weighted by Crippen LogP contribution is 2.23. The molecule has 0 saturated carbocycles.